The Labute approximate surface area is 87.8 Å². The molecule has 0 spiro atoms. The fourth-order valence-corrected chi connectivity index (χ4v) is 1.34. The molecule has 0 aromatic heterocycles. The third-order valence-corrected chi connectivity index (χ3v) is 2.13. The fourth-order valence-electron chi connectivity index (χ4n) is 1.09. The Hall–Kier alpha value is -1.06. The number of carbonyl (C=O) groups is 1. The van der Waals surface area contributed by atoms with Crippen LogP contribution in [-0.2, 0) is 9.53 Å². The summed E-state index contributed by atoms with van der Waals surface area (Å²) < 4.78 is 4.79. The summed E-state index contributed by atoms with van der Waals surface area (Å²) in [7, 11) is 0. The second kappa shape index (κ2) is 4.98. The number of ether oxygens (including phenoxy) is 1. The lowest BCUT2D eigenvalue weighted by molar-refractivity contribution is -0.144. The van der Waals surface area contributed by atoms with Crippen LogP contribution in [0.3, 0.4) is 0 Å². The van der Waals surface area contributed by atoms with Crippen LogP contribution in [0.15, 0.2) is 24.3 Å². The van der Waals surface area contributed by atoms with Crippen LogP contribution in [0.2, 0.25) is 5.02 Å². The molecule has 14 heavy (non-hydrogen) atoms. The van der Waals surface area contributed by atoms with Gasteiger partial charge in [0.15, 0.2) is 0 Å². The number of nitrogens with two attached hydrogens (primary N) is 1. The summed E-state index contributed by atoms with van der Waals surface area (Å²) in [5.41, 5.74) is 6.26. The second-order valence-electron chi connectivity index (χ2n) is 2.75. The molecular weight excluding hydrogens is 202 g/mol. The summed E-state index contributed by atoms with van der Waals surface area (Å²) in [5, 5.41) is 0.480. The molecule has 1 aromatic carbocycles. The Kier molecular flexibility index (Phi) is 3.92. The third kappa shape index (κ3) is 2.47. The van der Waals surface area contributed by atoms with Crippen molar-refractivity contribution in [3.63, 3.8) is 0 Å². The zero-order chi connectivity index (χ0) is 10.6. The summed E-state index contributed by atoms with van der Waals surface area (Å²) in [6.07, 6.45) is 0. The molecule has 0 aliphatic rings. The van der Waals surface area contributed by atoms with Crippen LogP contribution >= 0.6 is 11.6 Å². The maximum atomic E-state index is 11.3. The zero-order valence-corrected chi connectivity index (χ0v) is 8.62. The van der Waals surface area contributed by atoms with Crippen LogP contribution in [-0.4, -0.2) is 12.6 Å². The van der Waals surface area contributed by atoms with Gasteiger partial charge in [-0.3, -0.25) is 0 Å². The van der Waals surface area contributed by atoms with Crippen LogP contribution in [0, 0.1) is 0 Å². The molecule has 1 rings (SSSR count). The van der Waals surface area contributed by atoms with Gasteiger partial charge in [0.25, 0.3) is 0 Å². The highest BCUT2D eigenvalue weighted by atomic mass is 35.5. The largest absolute Gasteiger partial charge is 0.465 e. The zero-order valence-electron chi connectivity index (χ0n) is 7.87. The SMILES string of the molecule is CCOC(=O)[C@H](N)c1ccccc1Cl. The summed E-state index contributed by atoms with van der Waals surface area (Å²) in [6.45, 7) is 2.05. The van der Waals surface area contributed by atoms with E-state index < -0.39 is 12.0 Å². The van der Waals surface area contributed by atoms with Gasteiger partial charge in [-0.2, -0.15) is 0 Å². The molecule has 0 saturated heterocycles. The van der Waals surface area contributed by atoms with E-state index in [1.54, 1.807) is 31.2 Å². The molecule has 0 radical (unpaired) electrons. The van der Waals surface area contributed by atoms with Gasteiger partial charge < -0.3 is 10.5 Å². The minimum absolute atomic E-state index is 0.316. The van der Waals surface area contributed by atoms with Gasteiger partial charge in [-0.15, -0.1) is 0 Å². The minimum atomic E-state index is -0.802. The molecule has 0 aliphatic heterocycles. The first-order valence-electron chi connectivity index (χ1n) is 4.33. The summed E-state index contributed by atoms with van der Waals surface area (Å²) in [6, 6.07) is 6.16. The van der Waals surface area contributed by atoms with E-state index in [1.165, 1.54) is 0 Å². The minimum Gasteiger partial charge on any atom is -0.465 e. The van der Waals surface area contributed by atoms with Crippen molar-refractivity contribution >= 4 is 17.6 Å². The Balaban J connectivity index is 2.84. The van der Waals surface area contributed by atoms with E-state index in [0.29, 0.717) is 17.2 Å². The van der Waals surface area contributed by atoms with Crippen LogP contribution in [0.5, 0.6) is 0 Å². The van der Waals surface area contributed by atoms with Crippen LogP contribution in [0.25, 0.3) is 0 Å². The Bertz CT molecular complexity index is 328. The van der Waals surface area contributed by atoms with Crippen molar-refractivity contribution in [1.29, 1.82) is 0 Å². The Morgan fingerprint density at radius 2 is 2.21 bits per heavy atom. The maximum Gasteiger partial charge on any atom is 0.327 e. The van der Waals surface area contributed by atoms with Crippen molar-refractivity contribution < 1.29 is 9.53 Å². The highest BCUT2D eigenvalue weighted by Crippen LogP contribution is 2.21. The van der Waals surface area contributed by atoms with Crippen molar-refractivity contribution in [2.75, 3.05) is 6.61 Å². The van der Waals surface area contributed by atoms with Crippen molar-refractivity contribution in [3.05, 3.63) is 34.9 Å². The predicted octanol–water partition coefficient (Wildman–Crippen LogP) is 1.90. The summed E-state index contributed by atoms with van der Waals surface area (Å²) >= 11 is 5.88. The van der Waals surface area contributed by atoms with Crippen molar-refractivity contribution in [2.24, 2.45) is 5.73 Å². The fraction of sp³-hybridized carbons (Fsp3) is 0.300. The molecule has 0 fully saturated rings. The van der Waals surface area contributed by atoms with E-state index in [4.69, 9.17) is 22.1 Å². The average Bonchev–Trinajstić information content (AvgIpc) is 2.18. The van der Waals surface area contributed by atoms with Crippen molar-refractivity contribution in [2.45, 2.75) is 13.0 Å². The topological polar surface area (TPSA) is 52.3 Å². The van der Waals surface area contributed by atoms with Gasteiger partial charge in [-0.1, -0.05) is 29.8 Å². The summed E-state index contributed by atoms with van der Waals surface area (Å²) in [5.74, 6) is -0.458. The Morgan fingerprint density at radius 1 is 1.57 bits per heavy atom. The lowest BCUT2D eigenvalue weighted by Crippen LogP contribution is -2.23. The van der Waals surface area contributed by atoms with E-state index >= 15 is 0 Å². The highest BCUT2D eigenvalue weighted by Gasteiger charge is 2.18. The quantitative estimate of drug-likeness (QED) is 0.781. The molecule has 76 valence electrons. The number of hydrogen-bond acceptors (Lipinski definition) is 3. The molecule has 0 bridgehead atoms. The molecular formula is C10H12ClNO2. The second-order valence-corrected chi connectivity index (χ2v) is 3.16. The van der Waals surface area contributed by atoms with Crippen LogP contribution in [0.4, 0.5) is 0 Å². The number of benzene rings is 1. The lowest BCUT2D eigenvalue weighted by Gasteiger charge is -2.11. The van der Waals surface area contributed by atoms with Gasteiger partial charge in [0.2, 0.25) is 0 Å². The first-order valence-corrected chi connectivity index (χ1v) is 4.71. The van der Waals surface area contributed by atoms with E-state index in [9.17, 15) is 4.79 Å². The first kappa shape index (κ1) is 11.0. The molecule has 1 aromatic rings. The van der Waals surface area contributed by atoms with E-state index in [1.807, 2.05) is 0 Å². The molecule has 4 heteroatoms. The molecule has 0 amide bonds. The van der Waals surface area contributed by atoms with Gasteiger partial charge in [-0.05, 0) is 18.6 Å². The smallest absolute Gasteiger partial charge is 0.327 e. The number of hydrogen-bond donors (Lipinski definition) is 1. The number of rotatable bonds is 3. The lowest BCUT2D eigenvalue weighted by atomic mass is 10.1. The molecule has 2 N–H and O–H groups in total. The highest BCUT2D eigenvalue weighted by molar-refractivity contribution is 6.31. The van der Waals surface area contributed by atoms with Crippen molar-refractivity contribution in [3.8, 4) is 0 Å². The third-order valence-electron chi connectivity index (χ3n) is 1.78. The predicted molar refractivity (Wildman–Crippen MR) is 55.0 cm³/mol. The molecule has 0 aliphatic carbocycles. The van der Waals surface area contributed by atoms with Gasteiger partial charge >= 0.3 is 5.97 Å². The van der Waals surface area contributed by atoms with E-state index in [-0.39, 0.29) is 0 Å². The number of carbonyl (C=O) groups excluding carboxylic acids is 1. The van der Waals surface area contributed by atoms with Gasteiger partial charge in [-0.25, -0.2) is 4.79 Å². The molecule has 0 unspecified atom stereocenters. The van der Waals surface area contributed by atoms with Crippen LogP contribution < -0.4 is 5.73 Å². The van der Waals surface area contributed by atoms with Gasteiger partial charge in [0, 0.05) is 5.02 Å². The van der Waals surface area contributed by atoms with Gasteiger partial charge in [0.1, 0.15) is 6.04 Å². The monoisotopic (exact) mass is 213 g/mol. The number of esters is 1. The number of halogens is 1. The van der Waals surface area contributed by atoms with E-state index in [0.717, 1.165) is 0 Å². The molecule has 0 saturated carbocycles. The van der Waals surface area contributed by atoms with E-state index in [2.05, 4.69) is 0 Å². The first-order chi connectivity index (χ1) is 6.66. The molecule has 1 atom stereocenters. The molecule has 3 nitrogen and oxygen atoms in total. The van der Waals surface area contributed by atoms with Gasteiger partial charge in [0.05, 0.1) is 6.61 Å². The standard InChI is InChI=1S/C10H12ClNO2/c1-2-14-10(13)9(12)7-5-3-4-6-8(7)11/h3-6,9H,2,12H2,1H3/t9-/m1/s1. The average molecular weight is 214 g/mol. The van der Waals surface area contributed by atoms with Crippen molar-refractivity contribution in [1.82, 2.24) is 0 Å². The maximum absolute atomic E-state index is 11.3. The summed E-state index contributed by atoms with van der Waals surface area (Å²) in [4.78, 5) is 11.3. The normalized spacial score (nSPS) is 12.2. The Morgan fingerprint density at radius 3 is 2.79 bits per heavy atom. The molecule has 0 heterocycles. The van der Waals surface area contributed by atoms with Crippen LogP contribution in [0.1, 0.15) is 18.5 Å².